The molecule has 0 heterocycles. The Bertz CT molecular complexity index is 1070. The van der Waals surface area contributed by atoms with E-state index < -0.39 is 6.10 Å². The Morgan fingerprint density at radius 2 is 0.493 bits per heavy atom. The Kier molecular flexibility index (Phi) is 54.2. The largest absolute Gasteiger partial charge is 0.462 e. The maximum absolute atomic E-state index is 12.8. The molecule has 0 aliphatic rings. The number of carbonyl (C=O) groups is 3. The van der Waals surface area contributed by atoms with Crippen molar-refractivity contribution in [3.63, 3.8) is 0 Å². The topological polar surface area (TPSA) is 78.9 Å². The lowest BCUT2D eigenvalue weighted by Crippen LogP contribution is -2.30. The molecule has 0 aromatic carbocycles. The monoisotopic (exact) mass is 941 g/mol. The van der Waals surface area contributed by atoms with Crippen LogP contribution in [0.3, 0.4) is 0 Å². The van der Waals surface area contributed by atoms with Crippen molar-refractivity contribution in [3.05, 3.63) is 36.5 Å². The smallest absolute Gasteiger partial charge is 0.306 e. The van der Waals surface area contributed by atoms with Crippen LogP contribution in [0, 0.1) is 0 Å². The van der Waals surface area contributed by atoms with Crippen LogP contribution in [0.2, 0.25) is 0 Å². The van der Waals surface area contributed by atoms with Crippen LogP contribution in [0.25, 0.3) is 0 Å². The van der Waals surface area contributed by atoms with Crippen LogP contribution in [-0.2, 0) is 28.6 Å². The molecule has 0 unspecified atom stereocenters. The minimum Gasteiger partial charge on any atom is -0.462 e. The van der Waals surface area contributed by atoms with E-state index in [-0.39, 0.29) is 31.1 Å². The zero-order valence-corrected chi connectivity index (χ0v) is 44.9. The summed E-state index contributed by atoms with van der Waals surface area (Å²) in [5, 5.41) is 0. The van der Waals surface area contributed by atoms with Crippen molar-refractivity contribution in [3.8, 4) is 0 Å². The summed E-state index contributed by atoms with van der Waals surface area (Å²) >= 11 is 0. The quantitative estimate of drug-likeness (QED) is 0.0262. The van der Waals surface area contributed by atoms with Gasteiger partial charge in [0.25, 0.3) is 0 Å². The lowest BCUT2D eigenvalue weighted by molar-refractivity contribution is -0.167. The minimum atomic E-state index is -0.778. The second-order valence-electron chi connectivity index (χ2n) is 19.9. The van der Waals surface area contributed by atoms with Crippen LogP contribution in [0.15, 0.2) is 36.5 Å². The summed E-state index contributed by atoms with van der Waals surface area (Å²) in [4.78, 5) is 38.2. The van der Waals surface area contributed by atoms with Crippen LogP contribution in [0.1, 0.15) is 316 Å². The summed E-state index contributed by atoms with van der Waals surface area (Å²) in [5.74, 6) is -0.877. The zero-order chi connectivity index (χ0) is 48.6. The minimum absolute atomic E-state index is 0.0768. The molecule has 0 saturated carbocycles. The first-order chi connectivity index (χ1) is 33.0. The number of allylic oxidation sites excluding steroid dienone is 6. The fourth-order valence-corrected chi connectivity index (χ4v) is 8.60. The molecule has 0 N–H and O–H groups in total. The predicted molar refractivity (Wildman–Crippen MR) is 289 cm³/mol. The van der Waals surface area contributed by atoms with E-state index in [0.29, 0.717) is 19.3 Å². The molecule has 0 aromatic rings. The van der Waals surface area contributed by atoms with E-state index in [2.05, 4.69) is 57.2 Å². The number of hydrogen-bond donors (Lipinski definition) is 0. The molecule has 0 aliphatic heterocycles. The molecule has 0 radical (unpaired) electrons. The standard InChI is InChI=1S/C61H112O6/c1-4-7-10-13-16-19-22-25-28-30-33-35-38-41-44-47-50-53-59(62)65-56-58(67-61(64)55-52-49-46-43-40-37-32-27-24-21-18-15-12-9-6-3)57-66-60(63)54-51-48-45-42-39-36-34-31-29-26-23-20-17-14-11-8-5-2/h25-29,32,58H,4-24,30-31,33-57H2,1-3H3/b28-25-,29-26-,32-27-. The van der Waals surface area contributed by atoms with Gasteiger partial charge < -0.3 is 14.2 Å². The highest BCUT2D eigenvalue weighted by molar-refractivity contribution is 5.71. The van der Waals surface area contributed by atoms with Gasteiger partial charge in [0.05, 0.1) is 0 Å². The van der Waals surface area contributed by atoms with Crippen LogP contribution in [0.4, 0.5) is 0 Å². The molecule has 6 nitrogen and oxygen atoms in total. The number of esters is 3. The van der Waals surface area contributed by atoms with Gasteiger partial charge in [0.2, 0.25) is 0 Å². The fourth-order valence-electron chi connectivity index (χ4n) is 8.60. The summed E-state index contributed by atoms with van der Waals surface area (Å²) in [7, 11) is 0. The molecular formula is C61H112O6. The van der Waals surface area contributed by atoms with E-state index >= 15 is 0 Å². The summed E-state index contributed by atoms with van der Waals surface area (Å²) in [6.45, 7) is 6.65. The maximum atomic E-state index is 12.8. The molecule has 0 amide bonds. The third-order valence-corrected chi connectivity index (χ3v) is 13.1. The van der Waals surface area contributed by atoms with E-state index in [1.54, 1.807) is 0 Å². The van der Waals surface area contributed by atoms with Gasteiger partial charge in [-0.05, 0) is 96.3 Å². The molecule has 0 aromatic heterocycles. The molecule has 0 atom stereocenters. The van der Waals surface area contributed by atoms with Gasteiger partial charge in [0.15, 0.2) is 6.10 Å². The van der Waals surface area contributed by atoms with Gasteiger partial charge in [-0.2, -0.15) is 0 Å². The molecule has 0 spiro atoms. The molecule has 0 bridgehead atoms. The van der Waals surface area contributed by atoms with Crippen molar-refractivity contribution in [2.75, 3.05) is 13.2 Å². The van der Waals surface area contributed by atoms with Crippen LogP contribution in [-0.4, -0.2) is 37.2 Å². The Hall–Kier alpha value is -2.37. The first-order valence-electron chi connectivity index (χ1n) is 29.5. The van der Waals surface area contributed by atoms with Crippen molar-refractivity contribution in [1.29, 1.82) is 0 Å². The van der Waals surface area contributed by atoms with Gasteiger partial charge in [-0.1, -0.05) is 237 Å². The molecule has 6 heteroatoms. The average Bonchev–Trinajstić information content (AvgIpc) is 3.33. The van der Waals surface area contributed by atoms with Crippen LogP contribution in [0.5, 0.6) is 0 Å². The molecule has 0 rings (SSSR count). The normalized spacial score (nSPS) is 11.8. The molecular weight excluding hydrogens is 829 g/mol. The molecule has 0 fully saturated rings. The van der Waals surface area contributed by atoms with Crippen molar-refractivity contribution >= 4 is 17.9 Å². The van der Waals surface area contributed by atoms with Crippen molar-refractivity contribution < 1.29 is 28.6 Å². The van der Waals surface area contributed by atoms with Crippen LogP contribution < -0.4 is 0 Å². The second kappa shape index (κ2) is 56.2. The average molecular weight is 942 g/mol. The first-order valence-corrected chi connectivity index (χ1v) is 29.5. The van der Waals surface area contributed by atoms with E-state index in [1.807, 2.05) is 0 Å². The van der Waals surface area contributed by atoms with Gasteiger partial charge in [0, 0.05) is 19.3 Å². The highest BCUT2D eigenvalue weighted by Gasteiger charge is 2.19. The number of carbonyl (C=O) groups excluding carboxylic acids is 3. The Morgan fingerprint density at radius 3 is 0.746 bits per heavy atom. The summed E-state index contributed by atoms with van der Waals surface area (Å²) in [6.07, 6.45) is 67.0. The number of unbranched alkanes of at least 4 members (excludes halogenated alkanes) is 37. The Morgan fingerprint density at radius 1 is 0.284 bits per heavy atom. The number of ether oxygens (including phenoxy) is 3. The summed E-state index contributed by atoms with van der Waals surface area (Å²) in [5.41, 5.74) is 0. The fraction of sp³-hybridized carbons (Fsp3) is 0.852. The van der Waals surface area contributed by atoms with Crippen molar-refractivity contribution in [1.82, 2.24) is 0 Å². The lowest BCUT2D eigenvalue weighted by Gasteiger charge is -2.18. The predicted octanol–water partition coefficient (Wildman–Crippen LogP) is 19.7. The van der Waals surface area contributed by atoms with E-state index in [9.17, 15) is 14.4 Å². The van der Waals surface area contributed by atoms with Gasteiger partial charge in [-0.3, -0.25) is 14.4 Å². The van der Waals surface area contributed by atoms with E-state index in [4.69, 9.17) is 14.2 Å². The first kappa shape index (κ1) is 64.6. The maximum Gasteiger partial charge on any atom is 0.306 e. The van der Waals surface area contributed by atoms with E-state index in [1.165, 1.54) is 212 Å². The second-order valence-corrected chi connectivity index (χ2v) is 19.9. The highest BCUT2D eigenvalue weighted by Crippen LogP contribution is 2.16. The third-order valence-electron chi connectivity index (χ3n) is 13.1. The molecule has 0 saturated heterocycles. The van der Waals surface area contributed by atoms with Gasteiger partial charge >= 0.3 is 17.9 Å². The van der Waals surface area contributed by atoms with Gasteiger partial charge in [0.1, 0.15) is 13.2 Å². The summed E-state index contributed by atoms with van der Waals surface area (Å²) < 4.78 is 16.9. The van der Waals surface area contributed by atoms with Crippen molar-refractivity contribution in [2.24, 2.45) is 0 Å². The van der Waals surface area contributed by atoms with Gasteiger partial charge in [-0.15, -0.1) is 0 Å². The number of rotatable bonds is 54. The molecule has 392 valence electrons. The van der Waals surface area contributed by atoms with E-state index in [0.717, 1.165) is 64.2 Å². The SMILES string of the molecule is CCCCCCCC/C=C\CCCCCCCCCC(=O)OCC(COC(=O)CCCCCCCCC/C=C\CCCCCCCC)OC(=O)CCCCCCC/C=C\CCCCCCCC. The molecule has 67 heavy (non-hydrogen) atoms. The zero-order valence-electron chi connectivity index (χ0n) is 44.9. The highest BCUT2D eigenvalue weighted by atomic mass is 16.6. The lowest BCUT2D eigenvalue weighted by atomic mass is 10.1. The van der Waals surface area contributed by atoms with Crippen LogP contribution >= 0.6 is 0 Å². The Balaban J connectivity index is 4.36. The van der Waals surface area contributed by atoms with Crippen molar-refractivity contribution in [2.45, 2.75) is 322 Å². The van der Waals surface area contributed by atoms with Gasteiger partial charge in [-0.25, -0.2) is 0 Å². The summed E-state index contributed by atoms with van der Waals surface area (Å²) in [6, 6.07) is 0. The Labute approximate surface area is 416 Å². The third kappa shape index (κ3) is 54.4. The number of hydrogen-bond acceptors (Lipinski definition) is 6. The molecule has 0 aliphatic carbocycles.